The van der Waals surface area contributed by atoms with Gasteiger partial charge in [-0.25, -0.2) is 4.98 Å². The molecule has 0 unspecified atom stereocenters. The Kier molecular flexibility index (Phi) is 9.02. The van der Waals surface area contributed by atoms with Crippen LogP contribution < -0.4 is 10.1 Å². The zero-order chi connectivity index (χ0) is 22.8. The maximum atomic E-state index is 12.6. The van der Waals surface area contributed by atoms with Crippen molar-refractivity contribution in [1.29, 1.82) is 5.26 Å². The summed E-state index contributed by atoms with van der Waals surface area (Å²) in [4.78, 5) is 17.9. The monoisotopic (exact) mass is 509 g/mol. The van der Waals surface area contributed by atoms with E-state index in [2.05, 4.69) is 33.2 Å². The van der Waals surface area contributed by atoms with Gasteiger partial charge in [0.2, 0.25) is 0 Å². The lowest BCUT2D eigenvalue weighted by Crippen LogP contribution is -2.13. The largest absolute Gasteiger partial charge is 0.494 e. The van der Waals surface area contributed by atoms with E-state index in [0.29, 0.717) is 11.7 Å². The number of ether oxygens (including phenoxy) is 1. The number of carbonyl (C=O) groups is 1. The van der Waals surface area contributed by atoms with E-state index < -0.39 is 5.91 Å². The van der Waals surface area contributed by atoms with Crippen molar-refractivity contribution in [3.8, 4) is 11.8 Å². The highest BCUT2D eigenvalue weighted by Crippen LogP contribution is 2.23. The van der Waals surface area contributed by atoms with Crippen LogP contribution in [0.4, 0.5) is 5.13 Å². The van der Waals surface area contributed by atoms with Gasteiger partial charge in [0.05, 0.1) is 6.61 Å². The van der Waals surface area contributed by atoms with E-state index in [1.165, 1.54) is 11.3 Å². The molecule has 7 heteroatoms. The number of unbranched alkanes of at least 4 members (excludes halogenated alkanes) is 2. The zero-order valence-corrected chi connectivity index (χ0v) is 20.2. The maximum Gasteiger partial charge on any atom is 0.268 e. The van der Waals surface area contributed by atoms with Crippen LogP contribution in [-0.4, -0.2) is 17.5 Å². The fraction of sp³-hybridized carbons (Fsp3) is 0.240. The predicted molar refractivity (Wildman–Crippen MR) is 133 cm³/mol. The van der Waals surface area contributed by atoms with Gasteiger partial charge in [0, 0.05) is 22.0 Å². The standard InChI is InChI=1S/C25H24BrN3O2S/c1-2-3-4-13-31-22-11-7-18(8-12-22)14-20(16-27)24(30)29-25-28-17-23(32-25)15-19-5-9-21(26)10-6-19/h5-12,14,17H,2-4,13,15H2,1H3,(H,28,29,30)/b20-14-. The molecule has 0 aliphatic rings. The van der Waals surface area contributed by atoms with Crippen molar-refractivity contribution in [2.75, 3.05) is 11.9 Å². The van der Waals surface area contributed by atoms with Crippen molar-refractivity contribution in [3.63, 3.8) is 0 Å². The number of nitrogens with zero attached hydrogens (tertiary/aromatic N) is 2. The molecule has 0 atom stereocenters. The van der Waals surface area contributed by atoms with Gasteiger partial charge >= 0.3 is 0 Å². The summed E-state index contributed by atoms with van der Waals surface area (Å²) in [5.74, 6) is 0.305. The fourth-order valence-electron chi connectivity index (χ4n) is 2.93. The Morgan fingerprint density at radius 3 is 2.62 bits per heavy atom. The SMILES string of the molecule is CCCCCOc1ccc(/C=C(/C#N)C(=O)Nc2ncc(Cc3ccc(Br)cc3)s2)cc1. The number of benzene rings is 2. The topological polar surface area (TPSA) is 75.0 Å². The van der Waals surface area contributed by atoms with Gasteiger partial charge in [0.1, 0.15) is 17.4 Å². The van der Waals surface area contributed by atoms with E-state index in [4.69, 9.17) is 4.74 Å². The van der Waals surface area contributed by atoms with Crippen molar-refractivity contribution < 1.29 is 9.53 Å². The number of nitriles is 1. The van der Waals surface area contributed by atoms with E-state index >= 15 is 0 Å². The summed E-state index contributed by atoms with van der Waals surface area (Å²) in [6.07, 6.45) is 7.36. The Labute approximate surface area is 200 Å². The highest BCUT2D eigenvalue weighted by molar-refractivity contribution is 9.10. The van der Waals surface area contributed by atoms with Crippen LogP contribution in [-0.2, 0) is 11.2 Å². The minimum Gasteiger partial charge on any atom is -0.494 e. The fourth-order valence-corrected chi connectivity index (χ4v) is 4.04. The highest BCUT2D eigenvalue weighted by atomic mass is 79.9. The molecule has 2 aromatic carbocycles. The van der Waals surface area contributed by atoms with Crippen LogP contribution in [0.1, 0.15) is 42.2 Å². The number of carbonyl (C=O) groups excluding carboxylic acids is 1. The van der Waals surface area contributed by atoms with Gasteiger partial charge in [-0.15, -0.1) is 11.3 Å². The molecule has 0 spiro atoms. The maximum absolute atomic E-state index is 12.6. The second kappa shape index (κ2) is 12.2. The van der Waals surface area contributed by atoms with Gasteiger partial charge < -0.3 is 4.74 Å². The first-order chi connectivity index (χ1) is 15.6. The number of aromatic nitrogens is 1. The van der Waals surface area contributed by atoms with Crippen LogP contribution in [0.3, 0.4) is 0 Å². The summed E-state index contributed by atoms with van der Waals surface area (Å²) in [6, 6.07) is 17.4. The van der Waals surface area contributed by atoms with E-state index in [1.54, 1.807) is 12.3 Å². The van der Waals surface area contributed by atoms with Gasteiger partial charge in [0.15, 0.2) is 5.13 Å². The summed E-state index contributed by atoms with van der Waals surface area (Å²) >= 11 is 4.83. The molecule has 5 nitrogen and oxygen atoms in total. The number of amides is 1. The van der Waals surface area contributed by atoms with Crippen LogP contribution >= 0.6 is 27.3 Å². The molecule has 1 N–H and O–H groups in total. The molecule has 3 rings (SSSR count). The van der Waals surface area contributed by atoms with Gasteiger partial charge in [0.25, 0.3) is 5.91 Å². The third-order valence-electron chi connectivity index (χ3n) is 4.64. The number of halogens is 1. The van der Waals surface area contributed by atoms with Crippen molar-refractivity contribution in [1.82, 2.24) is 4.98 Å². The number of hydrogen-bond donors (Lipinski definition) is 1. The Morgan fingerprint density at radius 2 is 1.94 bits per heavy atom. The normalized spacial score (nSPS) is 11.1. The summed E-state index contributed by atoms with van der Waals surface area (Å²) in [5, 5.41) is 12.7. The van der Waals surface area contributed by atoms with Gasteiger partial charge in [-0.05, 0) is 47.9 Å². The molecule has 0 aliphatic heterocycles. The Balaban J connectivity index is 1.58. The molecular weight excluding hydrogens is 486 g/mol. The highest BCUT2D eigenvalue weighted by Gasteiger charge is 2.12. The third kappa shape index (κ3) is 7.33. The quantitative estimate of drug-likeness (QED) is 0.189. The Morgan fingerprint density at radius 1 is 1.19 bits per heavy atom. The summed E-state index contributed by atoms with van der Waals surface area (Å²) < 4.78 is 6.73. The lowest BCUT2D eigenvalue weighted by molar-refractivity contribution is -0.112. The lowest BCUT2D eigenvalue weighted by Gasteiger charge is -2.06. The molecule has 164 valence electrons. The minimum absolute atomic E-state index is 0.0197. The second-order valence-corrected chi connectivity index (χ2v) is 9.21. The molecule has 1 heterocycles. The molecule has 0 saturated heterocycles. The third-order valence-corrected chi connectivity index (χ3v) is 6.08. The second-order valence-electron chi connectivity index (χ2n) is 7.18. The van der Waals surface area contributed by atoms with Crippen molar-refractivity contribution in [2.24, 2.45) is 0 Å². The number of anilines is 1. The predicted octanol–water partition coefficient (Wildman–Crippen LogP) is 6.61. The molecule has 0 bridgehead atoms. The summed E-state index contributed by atoms with van der Waals surface area (Å²) in [6.45, 7) is 2.84. The first-order valence-electron chi connectivity index (χ1n) is 10.4. The van der Waals surface area contributed by atoms with E-state index in [1.807, 2.05) is 54.6 Å². The van der Waals surface area contributed by atoms with Crippen LogP contribution in [0, 0.1) is 11.3 Å². The van der Waals surface area contributed by atoms with Crippen molar-refractivity contribution in [3.05, 3.63) is 80.8 Å². The summed E-state index contributed by atoms with van der Waals surface area (Å²) in [7, 11) is 0. The zero-order valence-electron chi connectivity index (χ0n) is 17.8. The Hall–Kier alpha value is -2.95. The molecule has 0 fully saturated rings. The molecule has 0 saturated carbocycles. The molecule has 1 amide bonds. The average molecular weight is 510 g/mol. The summed E-state index contributed by atoms with van der Waals surface area (Å²) in [5.41, 5.74) is 1.93. The molecular formula is C25H24BrN3O2S. The number of thiazole rings is 1. The number of hydrogen-bond acceptors (Lipinski definition) is 5. The van der Waals surface area contributed by atoms with Gasteiger partial charge in [-0.2, -0.15) is 5.26 Å². The molecule has 0 radical (unpaired) electrons. The van der Waals surface area contributed by atoms with Crippen LogP contribution in [0.25, 0.3) is 6.08 Å². The first kappa shape index (κ1) is 23.7. The smallest absolute Gasteiger partial charge is 0.268 e. The van der Waals surface area contributed by atoms with E-state index in [-0.39, 0.29) is 5.57 Å². The average Bonchev–Trinajstić information content (AvgIpc) is 3.24. The lowest BCUT2D eigenvalue weighted by atomic mass is 10.1. The molecule has 3 aromatic rings. The number of nitrogens with one attached hydrogen (secondary N) is 1. The van der Waals surface area contributed by atoms with Crippen molar-refractivity contribution in [2.45, 2.75) is 32.6 Å². The van der Waals surface area contributed by atoms with Crippen LogP contribution in [0.2, 0.25) is 0 Å². The first-order valence-corrected chi connectivity index (χ1v) is 12.0. The number of rotatable bonds is 10. The minimum atomic E-state index is -0.475. The Bertz CT molecular complexity index is 1100. The molecule has 32 heavy (non-hydrogen) atoms. The molecule has 1 aromatic heterocycles. The van der Waals surface area contributed by atoms with E-state index in [9.17, 15) is 10.1 Å². The van der Waals surface area contributed by atoms with Gasteiger partial charge in [-0.3, -0.25) is 10.1 Å². The van der Waals surface area contributed by atoms with Gasteiger partial charge in [-0.1, -0.05) is 60.0 Å². The van der Waals surface area contributed by atoms with Crippen LogP contribution in [0.15, 0.2) is 64.8 Å². The molecule has 0 aliphatic carbocycles. The van der Waals surface area contributed by atoms with Crippen molar-refractivity contribution >= 4 is 44.4 Å². The van der Waals surface area contributed by atoms with E-state index in [0.717, 1.165) is 51.9 Å². The van der Waals surface area contributed by atoms with Crippen LogP contribution in [0.5, 0.6) is 5.75 Å².